The number of hydrogen-bond donors (Lipinski definition) is 1. The molecule has 0 atom stereocenters. The van der Waals surface area contributed by atoms with Gasteiger partial charge in [0, 0.05) is 36.0 Å². The molecule has 0 aliphatic heterocycles. The van der Waals surface area contributed by atoms with Crippen LogP contribution in [0.3, 0.4) is 0 Å². The van der Waals surface area contributed by atoms with Crippen molar-refractivity contribution in [1.29, 1.82) is 0 Å². The number of halogens is 3. The van der Waals surface area contributed by atoms with E-state index in [-0.39, 0.29) is 11.3 Å². The molecule has 0 radical (unpaired) electrons. The molecule has 0 bridgehead atoms. The number of hydrogen-bond acceptors (Lipinski definition) is 6. The standard InChI is InChI=1S/C24H16F3N5O2/c1-14-2-3-18(32-22(34)17-11-30-23(31-12-17)24(25,26)27)10-20(14)15-4-7-29-21(9-15)16-5-6-28-19(8-16)13-33/h2-13H,1H3,(H,32,34). The first-order valence-corrected chi connectivity index (χ1v) is 9.94. The number of carbonyl (C=O) groups excluding carboxylic acids is 2. The van der Waals surface area contributed by atoms with Gasteiger partial charge in [0.05, 0.1) is 11.3 Å². The summed E-state index contributed by atoms with van der Waals surface area (Å²) in [6.45, 7) is 1.90. The summed E-state index contributed by atoms with van der Waals surface area (Å²) in [7, 11) is 0. The molecule has 170 valence electrons. The maximum absolute atomic E-state index is 12.6. The molecule has 0 aliphatic carbocycles. The second-order valence-corrected chi connectivity index (χ2v) is 7.29. The summed E-state index contributed by atoms with van der Waals surface area (Å²) in [5.41, 5.74) is 4.55. The topological polar surface area (TPSA) is 97.7 Å². The van der Waals surface area contributed by atoms with Crippen LogP contribution in [-0.4, -0.2) is 32.1 Å². The van der Waals surface area contributed by atoms with Gasteiger partial charge in [0.25, 0.3) is 5.91 Å². The van der Waals surface area contributed by atoms with Crippen LogP contribution in [-0.2, 0) is 6.18 Å². The Labute approximate surface area is 191 Å². The number of pyridine rings is 2. The van der Waals surface area contributed by atoms with Crippen molar-refractivity contribution in [3.05, 3.63) is 89.9 Å². The second-order valence-electron chi connectivity index (χ2n) is 7.29. The quantitative estimate of drug-likeness (QED) is 0.419. The van der Waals surface area contributed by atoms with E-state index in [9.17, 15) is 22.8 Å². The zero-order chi connectivity index (χ0) is 24.3. The van der Waals surface area contributed by atoms with Gasteiger partial charge in [-0.15, -0.1) is 0 Å². The third-order valence-electron chi connectivity index (χ3n) is 4.93. The van der Waals surface area contributed by atoms with E-state index in [0.717, 1.165) is 34.6 Å². The second kappa shape index (κ2) is 9.18. The fourth-order valence-electron chi connectivity index (χ4n) is 3.23. The lowest BCUT2D eigenvalue weighted by atomic mass is 9.99. The molecule has 1 amide bonds. The summed E-state index contributed by atoms with van der Waals surface area (Å²) in [4.78, 5) is 38.3. The van der Waals surface area contributed by atoms with Gasteiger partial charge in [0.2, 0.25) is 5.82 Å². The van der Waals surface area contributed by atoms with Crippen LogP contribution in [0.2, 0.25) is 0 Å². The average molecular weight is 463 g/mol. The zero-order valence-electron chi connectivity index (χ0n) is 17.7. The lowest BCUT2D eigenvalue weighted by molar-refractivity contribution is -0.145. The molecule has 4 aromatic rings. The predicted molar refractivity (Wildman–Crippen MR) is 118 cm³/mol. The van der Waals surface area contributed by atoms with E-state index in [1.807, 2.05) is 25.1 Å². The van der Waals surface area contributed by atoms with Crippen molar-refractivity contribution in [3.8, 4) is 22.4 Å². The monoisotopic (exact) mass is 463 g/mol. The lowest BCUT2D eigenvalue weighted by Crippen LogP contribution is -2.16. The van der Waals surface area contributed by atoms with E-state index in [1.165, 1.54) is 6.20 Å². The maximum atomic E-state index is 12.6. The van der Waals surface area contributed by atoms with Crippen LogP contribution in [0.15, 0.2) is 67.3 Å². The molecule has 0 saturated carbocycles. The molecule has 3 heterocycles. The molecule has 0 spiro atoms. The van der Waals surface area contributed by atoms with Crippen LogP contribution in [0.1, 0.15) is 32.2 Å². The summed E-state index contributed by atoms with van der Waals surface area (Å²) in [6, 6.07) is 12.3. The summed E-state index contributed by atoms with van der Waals surface area (Å²) in [5.74, 6) is -1.96. The Balaban J connectivity index is 1.60. The number of benzene rings is 1. The summed E-state index contributed by atoms with van der Waals surface area (Å²) < 4.78 is 37.9. The van der Waals surface area contributed by atoms with Crippen molar-refractivity contribution in [3.63, 3.8) is 0 Å². The molecule has 0 aliphatic rings. The van der Waals surface area contributed by atoms with Gasteiger partial charge in [0.1, 0.15) is 5.69 Å². The van der Waals surface area contributed by atoms with Gasteiger partial charge >= 0.3 is 6.18 Å². The van der Waals surface area contributed by atoms with Crippen molar-refractivity contribution in [2.75, 3.05) is 5.32 Å². The predicted octanol–water partition coefficient (Wildman–Crippen LogP) is 4.99. The number of anilines is 1. The first-order valence-electron chi connectivity index (χ1n) is 9.94. The van der Waals surface area contributed by atoms with E-state index >= 15 is 0 Å². The lowest BCUT2D eigenvalue weighted by Gasteiger charge is -2.12. The van der Waals surface area contributed by atoms with Crippen LogP contribution in [0.4, 0.5) is 18.9 Å². The first-order chi connectivity index (χ1) is 16.2. The van der Waals surface area contributed by atoms with Crippen LogP contribution in [0, 0.1) is 6.92 Å². The van der Waals surface area contributed by atoms with Gasteiger partial charge in [-0.2, -0.15) is 13.2 Å². The Morgan fingerprint density at radius 3 is 2.32 bits per heavy atom. The minimum Gasteiger partial charge on any atom is -0.322 e. The SMILES string of the molecule is Cc1ccc(NC(=O)c2cnc(C(F)(F)F)nc2)cc1-c1ccnc(-c2ccnc(C=O)c2)c1. The highest BCUT2D eigenvalue weighted by molar-refractivity contribution is 6.04. The van der Waals surface area contributed by atoms with E-state index < -0.39 is 17.9 Å². The number of nitrogens with zero attached hydrogens (tertiary/aromatic N) is 4. The van der Waals surface area contributed by atoms with Crippen molar-refractivity contribution >= 4 is 17.9 Å². The normalized spacial score (nSPS) is 11.2. The maximum Gasteiger partial charge on any atom is 0.451 e. The van der Waals surface area contributed by atoms with Gasteiger partial charge in [0.15, 0.2) is 6.29 Å². The van der Waals surface area contributed by atoms with Gasteiger partial charge in [-0.05, 0) is 60.0 Å². The van der Waals surface area contributed by atoms with Crippen LogP contribution < -0.4 is 5.32 Å². The van der Waals surface area contributed by atoms with E-state index in [1.54, 1.807) is 30.5 Å². The summed E-state index contributed by atoms with van der Waals surface area (Å²) in [5, 5.41) is 2.65. The zero-order valence-corrected chi connectivity index (χ0v) is 17.7. The van der Waals surface area contributed by atoms with Crippen LogP contribution in [0.25, 0.3) is 22.4 Å². The summed E-state index contributed by atoms with van der Waals surface area (Å²) >= 11 is 0. The number of aromatic nitrogens is 4. The number of nitrogens with one attached hydrogen (secondary N) is 1. The highest BCUT2D eigenvalue weighted by Crippen LogP contribution is 2.30. The third kappa shape index (κ3) is 4.96. The van der Waals surface area contributed by atoms with E-state index in [0.29, 0.717) is 17.7 Å². The summed E-state index contributed by atoms with van der Waals surface area (Å²) in [6.07, 6.45) is 0.797. The fraction of sp³-hybridized carbons (Fsp3) is 0.0833. The van der Waals surface area contributed by atoms with Crippen molar-refractivity contribution in [2.24, 2.45) is 0 Å². The molecule has 34 heavy (non-hydrogen) atoms. The van der Waals surface area contributed by atoms with E-state index in [2.05, 4.69) is 25.3 Å². The fourth-order valence-corrected chi connectivity index (χ4v) is 3.23. The minimum atomic E-state index is -4.69. The van der Waals surface area contributed by atoms with Crippen LogP contribution in [0.5, 0.6) is 0 Å². The molecule has 1 N–H and O–H groups in total. The minimum absolute atomic E-state index is 0.106. The Hall–Kier alpha value is -4.47. The first kappa shape index (κ1) is 22.7. The third-order valence-corrected chi connectivity index (χ3v) is 4.93. The average Bonchev–Trinajstić information content (AvgIpc) is 2.85. The number of carbonyl (C=O) groups is 2. The number of aryl methyl sites for hydroxylation is 1. The molecule has 0 saturated heterocycles. The number of rotatable bonds is 5. The molecule has 7 nitrogen and oxygen atoms in total. The van der Waals surface area contributed by atoms with Crippen molar-refractivity contribution in [1.82, 2.24) is 19.9 Å². The Morgan fingerprint density at radius 1 is 0.912 bits per heavy atom. The van der Waals surface area contributed by atoms with Gasteiger partial charge in [-0.3, -0.25) is 19.6 Å². The van der Waals surface area contributed by atoms with Gasteiger partial charge in [-0.1, -0.05) is 6.07 Å². The van der Waals surface area contributed by atoms with Gasteiger partial charge < -0.3 is 5.32 Å². The van der Waals surface area contributed by atoms with Gasteiger partial charge in [-0.25, -0.2) is 9.97 Å². The highest BCUT2D eigenvalue weighted by Gasteiger charge is 2.34. The number of alkyl halides is 3. The molecular weight excluding hydrogens is 447 g/mol. The Bertz CT molecular complexity index is 1370. The largest absolute Gasteiger partial charge is 0.451 e. The molecule has 3 aromatic heterocycles. The van der Waals surface area contributed by atoms with Crippen molar-refractivity contribution < 1.29 is 22.8 Å². The molecule has 0 fully saturated rings. The molecule has 1 aromatic carbocycles. The van der Waals surface area contributed by atoms with Crippen LogP contribution >= 0.6 is 0 Å². The number of aldehydes is 1. The Morgan fingerprint density at radius 2 is 1.62 bits per heavy atom. The smallest absolute Gasteiger partial charge is 0.322 e. The molecule has 0 unspecified atom stereocenters. The number of amides is 1. The molecule has 10 heteroatoms. The van der Waals surface area contributed by atoms with E-state index in [4.69, 9.17) is 0 Å². The van der Waals surface area contributed by atoms with Crippen molar-refractivity contribution in [2.45, 2.75) is 13.1 Å². The molecule has 4 rings (SSSR count). The molecular formula is C24H16F3N5O2. The Kier molecular flexibility index (Phi) is 6.13. The highest BCUT2D eigenvalue weighted by atomic mass is 19.4.